The fourth-order valence-electron chi connectivity index (χ4n) is 2.23. The van der Waals surface area contributed by atoms with Crippen molar-refractivity contribution in [2.45, 2.75) is 32.7 Å². The van der Waals surface area contributed by atoms with Gasteiger partial charge in [-0.1, -0.05) is 43.9 Å². The number of fused-ring (bicyclic) bond motifs is 1. The minimum absolute atomic E-state index is 0.207. The number of rotatable bonds is 7. The molecule has 0 unspecified atom stereocenters. The molecule has 2 aromatic heterocycles. The van der Waals surface area contributed by atoms with Crippen LogP contribution >= 0.6 is 11.3 Å². The smallest absolute Gasteiger partial charge is 0.298 e. The highest BCUT2D eigenvalue weighted by Gasteiger charge is 2.10. The molecule has 2 heterocycles. The molecule has 1 N–H and O–H groups in total. The van der Waals surface area contributed by atoms with Crippen molar-refractivity contribution >= 4 is 21.6 Å². The third-order valence-electron chi connectivity index (χ3n) is 3.42. The molecule has 0 aliphatic heterocycles. The number of aromatic amines is 1. The van der Waals surface area contributed by atoms with Crippen LogP contribution in [0.5, 0.6) is 0 Å². The van der Waals surface area contributed by atoms with Crippen LogP contribution in [0.1, 0.15) is 24.6 Å². The van der Waals surface area contributed by atoms with Crippen LogP contribution in [0, 0.1) is 0 Å². The summed E-state index contributed by atoms with van der Waals surface area (Å²) in [5.41, 5.74) is 0.408. The second-order valence-electron chi connectivity index (χ2n) is 5.05. The van der Waals surface area contributed by atoms with Gasteiger partial charge in [-0.05, 0) is 25.3 Å². The number of hydrogen-bond acceptors (Lipinski definition) is 3. The molecule has 4 nitrogen and oxygen atoms in total. The lowest BCUT2D eigenvalue weighted by Crippen LogP contribution is -2.34. The average molecular weight is 316 g/mol. The van der Waals surface area contributed by atoms with Gasteiger partial charge in [-0.25, -0.2) is 4.79 Å². The Balaban J connectivity index is 2.19. The molecule has 0 atom stereocenters. The fourth-order valence-corrected chi connectivity index (χ4v) is 3.20. The van der Waals surface area contributed by atoms with E-state index in [1.165, 1.54) is 15.9 Å². The van der Waals surface area contributed by atoms with Crippen LogP contribution in [0.25, 0.3) is 10.2 Å². The van der Waals surface area contributed by atoms with Crippen molar-refractivity contribution in [3.8, 4) is 0 Å². The monoisotopic (exact) mass is 316 g/mol. The van der Waals surface area contributed by atoms with Crippen LogP contribution in [0.4, 0.5) is 0 Å². The molecule has 5 heteroatoms. The van der Waals surface area contributed by atoms with Crippen molar-refractivity contribution in [1.82, 2.24) is 9.55 Å². The molecule has 2 rings (SSSR count). The van der Waals surface area contributed by atoms with Crippen LogP contribution in [0.15, 0.2) is 52.6 Å². The molecule has 0 bridgehead atoms. The van der Waals surface area contributed by atoms with Crippen LogP contribution in [-0.4, -0.2) is 9.55 Å². The first-order valence-electron chi connectivity index (χ1n) is 7.29. The van der Waals surface area contributed by atoms with Crippen molar-refractivity contribution < 1.29 is 0 Å². The van der Waals surface area contributed by atoms with Crippen LogP contribution in [0.2, 0.25) is 0 Å². The van der Waals surface area contributed by atoms with Gasteiger partial charge >= 0.3 is 5.69 Å². The van der Waals surface area contributed by atoms with E-state index in [-0.39, 0.29) is 11.2 Å². The summed E-state index contributed by atoms with van der Waals surface area (Å²) in [6.45, 7) is 9.95. The molecule has 0 fully saturated rings. The van der Waals surface area contributed by atoms with Gasteiger partial charge in [0.25, 0.3) is 5.56 Å². The summed E-state index contributed by atoms with van der Waals surface area (Å²) in [6.07, 6.45) is 7.69. The Morgan fingerprint density at radius 3 is 2.91 bits per heavy atom. The van der Waals surface area contributed by atoms with E-state index in [2.05, 4.69) is 18.1 Å². The largest absolute Gasteiger partial charge is 0.329 e. The zero-order chi connectivity index (χ0) is 16.1. The van der Waals surface area contributed by atoms with Gasteiger partial charge in [-0.3, -0.25) is 14.3 Å². The Bertz CT molecular complexity index is 836. The summed E-state index contributed by atoms with van der Waals surface area (Å²) in [4.78, 5) is 29.1. The summed E-state index contributed by atoms with van der Waals surface area (Å²) in [7, 11) is 0. The van der Waals surface area contributed by atoms with Gasteiger partial charge in [0, 0.05) is 11.4 Å². The number of aromatic nitrogens is 2. The third-order valence-corrected chi connectivity index (χ3v) is 4.62. The normalized spacial score (nSPS) is 11.3. The predicted molar refractivity (Wildman–Crippen MR) is 93.8 cm³/mol. The SMILES string of the molecule is C=C/C=C\C(=C)CCCn1c(=O)[nH]c2sc(CC)cc2c1=O. The first-order chi connectivity index (χ1) is 10.6. The maximum atomic E-state index is 12.4. The summed E-state index contributed by atoms with van der Waals surface area (Å²) >= 11 is 1.47. The molecule has 22 heavy (non-hydrogen) atoms. The fraction of sp³-hybridized carbons (Fsp3) is 0.294. The van der Waals surface area contributed by atoms with E-state index in [0.717, 1.165) is 23.3 Å². The number of aryl methyl sites for hydroxylation is 1. The molecular formula is C17H20N2O2S. The molecule has 0 aromatic carbocycles. The van der Waals surface area contributed by atoms with Crippen molar-refractivity contribution in [3.05, 3.63) is 68.7 Å². The highest BCUT2D eigenvalue weighted by molar-refractivity contribution is 7.18. The molecule has 0 spiro atoms. The lowest BCUT2D eigenvalue weighted by Gasteiger charge is -2.04. The first kappa shape index (κ1) is 16.2. The van der Waals surface area contributed by atoms with E-state index in [4.69, 9.17) is 0 Å². The predicted octanol–water partition coefficient (Wildman–Crippen LogP) is 3.39. The minimum atomic E-state index is -0.339. The molecular weight excluding hydrogens is 296 g/mol. The third kappa shape index (κ3) is 3.54. The second kappa shape index (κ2) is 7.22. The number of thiophene rings is 1. The van der Waals surface area contributed by atoms with E-state index in [0.29, 0.717) is 23.2 Å². The van der Waals surface area contributed by atoms with E-state index < -0.39 is 0 Å². The van der Waals surface area contributed by atoms with Gasteiger partial charge in [-0.15, -0.1) is 11.3 Å². The number of nitrogens with zero attached hydrogens (tertiary/aromatic N) is 1. The highest BCUT2D eigenvalue weighted by Crippen LogP contribution is 2.20. The summed E-state index contributed by atoms with van der Waals surface area (Å²) in [6, 6.07) is 1.88. The van der Waals surface area contributed by atoms with Gasteiger partial charge < -0.3 is 0 Å². The quantitative estimate of drug-likeness (QED) is 0.796. The van der Waals surface area contributed by atoms with Crippen molar-refractivity contribution in [1.29, 1.82) is 0 Å². The van der Waals surface area contributed by atoms with Crippen molar-refractivity contribution in [2.24, 2.45) is 0 Å². The number of allylic oxidation sites excluding steroid dienone is 4. The lowest BCUT2D eigenvalue weighted by molar-refractivity contribution is 0.599. The maximum absolute atomic E-state index is 12.4. The molecule has 0 saturated heterocycles. The highest BCUT2D eigenvalue weighted by atomic mass is 32.1. The Labute approximate surface area is 133 Å². The summed E-state index contributed by atoms with van der Waals surface area (Å²) in [5.74, 6) is 0. The van der Waals surface area contributed by atoms with Crippen LogP contribution < -0.4 is 11.2 Å². The Morgan fingerprint density at radius 1 is 1.45 bits per heavy atom. The molecule has 0 amide bonds. The lowest BCUT2D eigenvalue weighted by atomic mass is 10.1. The van der Waals surface area contributed by atoms with Gasteiger partial charge in [0.1, 0.15) is 4.83 Å². The van der Waals surface area contributed by atoms with Gasteiger partial charge in [-0.2, -0.15) is 0 Å². The molecule has 0 radical (unpaired) electrons. The van der Waals surface area contributed by atoms with E-state index in [9.17, 15) is 9.59 Å². The Hall–Kier alpha value is -2.14. The number of H-pyrrole nitrogens is 1. The zero-order valence-electron chi connectivity index (χ0n) is 12.7. The van der Waals surface area contributed by atoms with Crippen LogP contribution in [-0.2, 0) is 13.0 Å². The average Bonchev–Trinajstić information content (AvgIpc) is 2.91. The van der Waals surface area contributed by atoms with Crippen LogP contribution in [0.3, 0.4) is 0 Å². The second-order valence-corrected chi connectivity index (χ2v) is 6.19. The first-order valence-corrected chi connectivity index (χ1v) is 8.11. The van der Waals surface area contributed by atoms with Crippen molar-refractivity contribution in [2.75, 3.05) is 0 Å². The van der Waals surface area contributed by atoms with E-state index >= 15 is 0 Å². The minimum Gasteiger partial charge on any atom is -0.298 e. The number of nitrogens with one attached hydrogen (secondary N) is 1. The molecule has 0 aliphatic carbocycles. The summed E-state index contributed by atoms with van der Waals surface area (Å²) in [5, 5.41) is 0.604. The van der Waals surface area contributed by atoms with Crippen molar-refractivity contribution in [3.63, 3.8) is 0 Å². The van der Waals surface area contributed by atoms with Gasteiger partial charge in [0.05, 0.1) is 5.39 Å². The van der Waals surface area contributed by atoms with E-state index in [1.54, 1.807) is 6.08 Å². The summed E-state index contributed by atoms with van der Waals surface area (Å²) < 4.78 is 1.28. The Morgan fingerprint density at radius 2 is 2.23 bits per heavy atom. The molecule has 116 valence electrons. The van der Waals surface area contributed by atoms with Gasteiger partial charge in [0.15, 0.2) is 0 Å². The van der Waals surface area contributed by atoms with E-state index in [1.807, 2.05) is 25.1 Å². The number of hydrogen-bond donors (Lipinski definition) is 1. The molecule has 0 saturated carbocycles. The Kier molecular flexibility index (Phi) is 5.33. The topological polar surface area (TPSA) is 54.9 Å². The molecule has 0 aliphatic rings. The molecule has 2 aromatic rings. The zero-order valence-corrected chi connectivity index (χ0v) is 13.5. The standard InChI is InChI=1S/C17H20N2O2S/c1-4-6-8-12(3)9-7-10-19-16(20)14-11-13(5-2)22-15(14)18-17(19)21/h4,6,8,11H,1,3,5,7,9-10H2,2H3,(H,18,21)/b8-6-. The maximum Gasteiger partial charge on any atom is 0.329 e. The van der Waals surface area contributed by atoms with Gasteiger partial charge in [0.2, 0.25) is 0 Å².